The van der Waals surface area contributed by atoms with Gasteiger partial charge in [-0.3, -0.25) is 0 Å². The molecule has 0 fully saturated rings. The summed E-state index contributed by atoms with van der Waals surface area (Å²) in [4.78, 5) is 14.6. The highest BCUT2D eigenvalue weighted by Crippen LogP contribution is 2.56. The number of carbonyl (C=O) groups excluding carboxylic acids is 1. The van der Waals surface area contributed by atoms with Crippen LogP contribution in [0.15, 0.2) is 24.3 Å². The van der Waals surface area contributed by atoms with Crippen LogP contribution in [-0.4, -0.2) is 50.6 Å². The van der Waals surface area contributed by atoms with Crippen molar-refractivity contribution >= 4 is 12.0 Å². The fraction of sp³-hybridized carbons (Fsp3) is 0.519. The second-order valence-corrected chi connectivity index (χ2v) is 8.34. The Balaban J connectivity index is 2.02. The van der Waals surface area contributed by atoms with Crippen LogP contribution in [0, 0.1) is 0 Å². The largest absolute Gasteiger partial charge is 0.493 e. The summed E-state index contributed by atoms with van der Waals surface area (Å²) in [6.45, 7) is 13.2. The number of fused-ring (bicyclic) bond motifs is 3. The molecule has 6 heteroatoms. The first kappa shape index (κ1) is 24.9. The number of carbonyl (C=O) groups is 1. The molecule has 3 rings (SSSR count). The Kier molecular flexibility index (Phi) is 9.01. The van der Waals surface area contributed by atoms with E-state index >= 15 is 0 Å². The molecule has 1 aliphatic carbocycles. The summed E-state index contributed by atoms with van der Waals surface area (Å²) in [5, 5.41) is 0. The predicted molar refractivity (Wildman–Crippen MR) is 134 cm³/mol. The molecule has 0 amide bonds. The van der Waals surface area contributed by atoms with Crippen molar-refractivity contribution in [3.8, 4) is 28.4 Å². The molecule has 180 valence electrons. The predicted octanol–water partition coefficient (Wildman–Crippen LogP) is 5.27. The molecule has 0 aliphatic heterocycles. The van der Waals surface area contributed by atoms with Crippen molar-refractivity contribution in [1.29, 1.82) is 0 Å². The minimum atomic E-state index is -0.469. The minimum absolute atomic E-state index is 0.469. The number of nitrogens with zero attached hydrogens (tertiary/aromatic N) is 1. The standard InChI is InChI=1S/C27H38N2O4/c1-5-14-31-22-17-23(32-15-6-2)27(28)25-20(18-30)19-11-9-12-21(24(19)26(22)25)33-16-10-13-29(7-3)8-4/h9,11-12,17-18,20H,5-8,10,13-16,28H2,1-4H3. The number of ether oxygens (including phenoxy) is 3. The van der Waals surface area contributed by atoms with Crippen molar-refractivity contribution in [2.45, 2.75) is 52.9 Å². The van der Waals surface area contributed by atoms with Gasteiger partial charge in [0.05, 0.1) is 31.4 Å². The third-order valence-electron chi connectivity index (χ3n) is 6.12. The molecule has 1 unspecified atom stereocenters. The zero-order valence-corrected chi connectivity index (χ0v) is 20.5. The molecule has 6 nitrogen and oxygen atoms in total. The van der Waals surface area contributed by atoms with E-state index in [1.807, 2.05) is 31.2 Å². The van der Waals surface area contributed by atoms with Gasteiger partial charge in [-0.25, -0.2) is 0 Å². The van der Waals surface area contributed by atoms with Crippen LogP contribution in [0.1, 0.15) is 64.0 Å². The number of benzene rings is 2. The fourth-order valence-corrected chi connectivity index (χ4v) is 4.41. The molecule has 2 aromatic rings. The summed E-state index contributed by atoms with van der Waals surface area (Å²) in [5.41, 5.74) is 10.5. The summed E-state index contributed by atoms with van der Waals surface area (Å²) in [6, 6.07) is 7.76. The highest BCUT2D eigenvalue weighted by atomic mass is 16.5. The Bertz CT molecular complexity index is 940. The molecule has 0 aromatic heterocycles. The van der Waals surface area contributed by atoms with Gasteiger partial charge in [0.25, 0.3) is 0 Å². The van der Waals surface area contributed by atoms with Gasteiger partial charge in [0.15, 0.2) is 0 Å². The Hall–Kier alpha value is -2.73. The molecule has 0 radical (unpaired) electrons. The van der Waals surface area contributed by atoms with Crippen molar-refractivity contribution in [3.63, 3.8) is 0 Å². The fourth-order valence-electron chi connectivity index (χ4n) is 4.41. The lowest BCUT2D eigenvalue weighted by Crippen LogP contribution is -2.25. The maximum atomic E-state index is 12.3. The van der Waals surface area contributed by atoms with Crippen LogP contribution in [0.25, 0.3) is 11.1 Å². The van der Waals surface area contributed by atoms with E-state index in [0.29, 0.717) is 37.0 Å². The number of aldehydes is 1. The molecule has 2 N–H and O–H groups in total. The molecule has 1 atom stereocenters. The molecule has 33 heavy (non-hydrogen) atoms. The van der Waals surface area contributed by atoms with Crippen molar-refractivity contribution in [1.82, 2.24) is 4.90 Å². The van der Waals surface area contributed by atoms with Crippen LogP contribution in [0.2, 0.25) is 0 Å². The lowest BCUT2D eigenvalue weighted by molar-refractivity contribution is -0.108. The minimum Gasteiger partial charge on any atom is -0.493 e. The smallest absolute Gasteiger partial charge is 0.146 e. The van der Waals surface area contributed by atoms with E-state index in [-0.39, 0.29) is 0 Å². The van der Waals surface area contributed by atoms with Crippen LogP contribution < -0.4 is 19.9 Å². The lowest BCUT2D eigenvalue weighted by Gasteiger charge is -2.19. The van der Waals surface area contributed by atoms with Gasteiger partial charge in [0.2, 0.25) is 0 Å². The summed E-state index contributed by atoms with van der Waals surface area (Å²) >= 11 is 0. The van der Waals surface area contributed by atoms with Crippen LogP contribution in [0.4, 0.5) is 5.69 Å². The molecule has 0 bridgehead atoms. The summed E-state index contributed by atoms with van der Waals surface area (Å²) < 4.78 is 18.3. The summed E-state index contributed by atoms with van der Waals surface area (Å²) in [5.74, 6) is 1.56. The van der Waals surface area contributed by atoms with E-state index < -0.39 is 5.92 Å². The maximum Gasteiger partial charge on any atom is 0.146 e. The number of hydrogen-bond acceptors (Lipinski definition) is 6. The van der Waals surface area contributed by atoms with E-state index in [1.54, 1.807) is 0 Å². The van der Waals surface area contributed by atoms with Crippen LogP contribution in [0.5, 0.6) is 17.2 Å². The molecule has 2 aromatic carbocycles. The third-order valence-corrected chi connectivity index (χ3v) is 6.12. The van der Waals surface area contributed by atoms with Gasteiger partial charge in [-0.05, 0) is 44.0 Å². The van der Waals surface area contributed by atoms with Crippen molar-refractivity contribution in [2.24, 2.45) is 0 Å². The second-order valence-electron chi connectivity index (χ2n) is 8.34. The molecular weight excluding hydrogens is 416 g/mol. The lowest BCUT2D eigenvalue weighted by atomic mass is 9.96. The van der Waals surface area contributed by atoms with Crippen molar-refractivity contribution in [3.05, 3.63) is 35.4 Å². The number of hydrogen-bond donors (Lipinski definition) is 1. The van der Waals surface area contributed by atoms with E-state index in [9.17, 15) is 4.79 Å². The van der Waals surface area contributed by atoms with Gasteiger partial charge >= 0.3 is 0 Å². The first-order chi connectivity index (χ1) is 16.1. The van der Waals surface area contributed by atoms with E-state index in [1.165, 1.54) is 0 Å². The first-order valence-corrected chi connectivity index (χ1v) is 12.3. The topological polar surface area (TPSA) is 74.0 Å². The Morgan fingerprint density at radius 1 is 0.909 bits per heavy atom. The monoisotopic (exact) mass is 454 g/mol. The number of nitrogen functional groups attached to an aromatic ring is 1. The van der Waals surface area contributed by atoms with Crippen molar-refractivity contribution in [2.75, 3.05) is 45.2 Å². The summed E-state index contributed by atoms with van der Waals surface area (Å²) in [7, 11) is 0. The van der Waals surface area contributed by atoms with Gasteiger partial charge in [-0.2, -0.15) is 0 Å². The SMILES string of the molecule is CCCOc1cc(OCCC)c2c(c1N)C(C=O)c1cccc(OCCCN(CC)CC)c1-2. The average molecular weight is 455 g/mol. The van der Waals surface area contributed by atoms with Gasteiger partial charge in [-0.1, -0.05) is 39.8 Å². The van der Waals surface area contributed by atoms with Gasteiger partial charge < -0.3 is 29.6 Å². The summed E-state index contributed by atoms with van der Waals surface area (Å²) in [6.07, 6.45) is 3.63. The van der Waals surface area contributed by atoms with Crippen LogP contribution >= 0.6 is 0 Å². The molecule has 0 spiro atoms. The van der Waals surface area contributed by atoms with Crippen molar-refractivity contribution < 1.29 is 19.0 Å². The molecule has 0 saturated carbocycles. The van der Waals surface area contributed by atoms with E-state index in [0.717, 1.165) is 73.2 Å². The van der Waals surface area contributed by atoms with Gasteiger partial charge in [0, 0.05) is 29.3 Å². The normalized spacial score (nSPS) is 14.2. The number of rotatable bonds is 14. The van der Waals surface area contributed by atoms with E-state index in [2.05, 4.69) is 25.7 Å². The molecular formula is C27H38N2O4. The quantitative estimate of drug-likeness (QED) is 0.238. The van der Waals surface area contributed by atoms with Crippen LogP contribution in [-0.2, 0) is 4.79 Å². The first-order valence-electron chi connectivity index (χ1n) is 12.3. The van der Waals surface area contributed by atoms with Gasteiger partial charge in [0.1, 0.15) is 23.5 Å². The zero-order chi connectivity index (χ0) is 23.8. The number of anilines is 1. The molecule has 1 aliphatic rings. The Morgan fingerprint density at radius 2 is 1.58 bits per heavy atom. The third kappa shape index (κ3) is 5.27. The molecule has 0 saturated heterocycles. The number of nitrogens with two attached hydrogens (primary N) is 1. The average Bonchev–Trinajstić information content (AvgIpc) is 3.18. The maximum absolute atomic E-state index is 12.3. The zero-order valence-electron chi connectivity index (χ0n) is 20.5. The van der Waals surface area contributed by atoms with E-state index in [4.69, 9.17) is 19.9 Å². The Morgan fingerprint density at radius 3 is 2.21 bits per heavy atom. The Labute approximate surface area is 198 Å². The molecule has 0 heterocycles. The second kappa shape index (κ2) is 11.9. The highest BCUT2D eigenvalue weighted by molar-refractivity contribution is 5.98. The van der Waals surface area contributed by atoms with Gasteiger partial charge in [-0.15, -0.1) is 0 Å². The van der Waals surface area contributed by atoms with Crippen LogP contribution in [0.3, 0.4) is 0 Å². The highest BCUT2D eigenvalue weighted by Gasteiger charge is 2.37.